The van der Waals surface area contributed by atoms with Gasteiger partial charge in [0.25, 0.3) is 5.91 Å². The SMILES string of the molecule is CCCC[C@@H](CC)CNC(=O)c1ccc(CN2CCOCC2)cc1. The number of carbonyl (C=O) groups is 1. The van der Waals surface area contributed by atoms with Crippen molar-refractivity contribution in [3.8, 4) is 0 Å². The molecule has 1 atom stereocenters. The van der Waals surface area contributed by atoms with E-state index in [1.165, 1.54) is 24.8 Å². The second-order valence-corrected chi connectivity index (χ2v) is 6.71. The zero-order valence-corrected chi connectivity index (χ0v) is 15.2. The standard InChI is InChI=1S/C20H32N2O2/c1-3-5-6-17(4-2)15-21-20(23)19-9-7-18(8-10-19)16-22-11-13-24-14-12-22/h7-10,17H,3-6,11-16H2,1-2H3,(H,21,23)/t17-/m1/s1. The van der Waals surface area contributed by atoms with E-state index in [0.717, 1.165) is 51.4 Å². The van der Waals surface area contributed by atoms with Gasteiger partial charge in [-0.15, -0.1) is 0 Å². The van der Waals surface area contributed by atoms with Crippen LogP contribution >= 0.6 is 0 Å². The summed E-state index contributed by atoms with van der Waals surface area (Å²) in [6.07, 6.45) is 4.78. The third kappa shape index (κ3) is 6.25. The minimum Gasteiger partial charge on any atom is -0.379 e. The molecule has 0 unspecified atom stereocenters. The van der Waals surface area contributed by atoms with E-state index in [2.05, 4.69) is 36.2 Å². The Bertz CT molecular complexity index is 481. The van der Waals surface area contributed by atoms with Crippen molar-refractivity contribution in [3.63, 3.8) is 0 Å². The van der Waals surface area contributed by atoms with Gasteiger partial charge < -0.3 is 10.1 Å². The van der Waals surface area contributed by atoms with Crippen molar-refractivity contribution in [3.05, 3.63) is 35.4 Å². The summed E-state index contributed by atoms with van der Waals surface area (Å²) in [5, 5.41) is 3.09. The number of nitrogens with one attached hydrogen (secondary N) is 1. The monoisotopic (exact) mass is 332 g/mol. The van der Waals surface area contributed by atoms with Gasteiger partial charge in [0.2, 0.25) is 0 Å². The summed E-state index contributed by atoms with van der Waals surface area (Å²) in [6.45, 7) is 9.73. The van der Waals surface area contributed by atoms with E-state index >= 15 is 0 Å². The molecule has 4 nitrogen and oxygen atoms in total. The Morgan fingerprint density at radius 1 is 1.21 bits per heavy atom. The number of unbranched alkanes of at least 4 members (excludes halogenated alkanes) is 1. The Hall–Kier alpha value is -1.39. The molecular formula is C20H32N2O2. The summed E-state index contributed by atoms with van der Waals surface area (Å²) in [5.74, 6) is 0.636. The topological polar surface area (TPSA) is 41.6 Å². The molecule has 1 saturated heterocycles. The Balaban J connectivity index is 1.79. The normalized spacial score (nSPS) is 16.8. The van der Waals surface area contributed by atoms with Gasteiger partial charge in [-0.25, -0.2) is 0 Å². The minimum atomic E-state index is 0.0443. The number of morpholine rings is 1. The second kappa shape index (κ2) is 10.5. The molecule has 1 N–H and O–H groups in total. The van der Waals surface area contributed by atoms with Crippen LogP contribution in [0.15, 0.2) is 24.3 Å². The summed E-state index contributed by atoms with van der Waals surface area (Å²) >= 11 is 0. The molecule has 1 aliphatic rings. The number of nitrogens with zero attached hydrogens (tertiary/aromatic N) is 1. The lowest BCUT2D eigenvalue weighted by Crippen LogP contribution is -2.35. The third-order valence-corrected chi connectivity index (χ3v) is 4.82. The largest absolute Gasteiger partial charge is 0.379 e. The molecule has 2 rings (SSSR count). The van der Waals surface area contributed by atoms with E-state index in [1.807, 2.05) is 12.1 Å². The van der Waals surface area contributed by atoms with Gasteiger partial charge in [-0.05, 0) is 30.0 Å². The molecule has 134 valence electrons. The maximum Gasteiger partial charge on any atom is 0.251 e. The molecule has 1 heterocycles. The van der Waals surface area contributed by atoms with Crippen LogP contribution in [0.3, 0.4) is 0 Å². The van der Waals surface area contributed by atoms with Crippen LogP contribution in [0.4, 0.5) is 0 Å². The zero-order chi connectivity index (χ0) is 17.2. The van der Waals surface area contributed by atoms with E-state index < -0.39 is 0 Å². The summed E-state index contributed by atoms with van der Waals surface area (Å²) in [7, 11) is 0. The van der Waals surface area contributed by atoms with Crippen LogP contribution in [0, 0.1) is 5.92 Å². The number of hydrogen-bond acceptors (Lipinski definition) is 3. The predicted molar refractivity (Wildman–Crippen MR) is 98.2 cm³/mol. The highest BCUT2D eigenvalue weighted by Gasteiger charge is 2.12. The number of rotatable bonds is 9. The first kappa shape index (κ1) is 18.9. The molecule has 0 aromatic heterocycles. The van der Waals surface area contributed by atoms with Gasteiger partial charge in [0.15, 0.2) is 0 Å². The van der Waals surface area contributed by atoms with Crippen molar-refractivity contribution >= 4 is 5.91 Å². The summed E-state index contributed by atoms with van der Waals surface area (Å²) in [4.78, 5) is 14.7. The fourth-order valence-electron chi connectivity index (χ4n) is 3.06. The van der Waals surface area contributed by atoms with Gasteiger partial charge in [0.05, 0.1) is 13.2 Å². The molecule has 0 spiro atoms. The lowest BCUT2D eigenvalue weighted by molar-refractivity contribution is 0.0342. The van der Waals surface area contributed by atoms with Crippen molar-refractivity contribution in [2.24, 2.45) is 5.92 Å². The zero-order valence-electron chi connectivity index (χ0n) is 15.2. The molecule has 1 amide bonds. The van der Waals surface area contributed by atoms with Crippen LogP contribution in [0.1, 0.15) is 55.5 Å². The molecule has 1 aromatic carbocycles. The van der Waals surface area contributed by atoms with Gasteiger partial charge in [-0.2, -0.15) is 0 Å². The van der Waals surface area contributed by atoms with Crippen molar-refractivity contribution in [2.75, 3.05) is 32.8 Å². The average Bonchev–Trinajstić information content (AvgIpc) is 2.63. The van der Waals surface area contributed by atoms with E-state index in [4.69, 9.17) is 4.74 Å². The fraction of sp³-hybridized carbons (Fsp3) is 0.650. The molecule has 0 bridgehead atoms. The number of carbonyl (C=O) groups excluding carboxylic acids is 1. The number of amides is 1. The van der Waals surface area contributed by atoms with E-state index in [0.29, 0.717) is 5.92 Å². The highest BCUT2D eigenvalue weighted by Crippen LogP contribution is 2.12. The predicted octanol–water partition coefficient (Wildman–Crippen LogP) is 3.47. The van der Waals surface area contributed by atoms with Crippen molar-refractivity contribution < 1.29 is 9.53 Å². The van der Waals surface area contributed by atoms with Crippen LogP contribution in [0.2, 0.25) is 0 Å². The molecule has 0 saturated carbocycles. The van der Waals surface area contributed by atoms with Crippen LogP contribution in [-0.2, 0) is 11.3 Å². The first-order chi connectivity index (χ1) is 11.7. The Labute approximate surface area is 146 Å². The van der Waals surface area contributed by atoms with E-state index in [-0.39, 0.29) is 5.91 Å². The summed E-state index contributed by atoms with van der Waals surface area (Å²) in [6, 6.07) is 8.02. The van der Waals surface area contributed by atoms with Crippen LogP contribution < -0.4 is 5.32 Å². The maximum atomic E-state index is 12.3. The highest BCUT2D eigenvalue weighted by molar-refractivity contribution is 5.94. The Kier molecular flexibility index (Phi) is 8.26. The first-order valence-corrected chi connectivity index (χ1v) is 9.40. The van der Waals surface area contributed by atoms with Crippen molar-refractivity contribution in [1.29, 1.82) is 0 Å². The van der Waals surface area contributed by atoms with E-state index in [9.17, 15) is 4.79 Å². The van der Waals surface area contributed by atoms with Crippen molar-refractivity contribution in [1.82, 2.24) is 10.2 Å². The van der Waals surface area contributed by atoms with Gasteiger partial charge >= 0.3 is 0 Å². The molecule has 1 aliphatic heterocycles. The molecule has 0 aliphatic carbocycles. The fourth-order valence-corrected chi connectivity index (χ4v) is 3.06. The third-order valence-electron chi connectivity index (χ3n) is 4.82. The van der Waals surface area contributed by atoms with Crippen molar-refractivity contribution in [2.45, 2.75) is 46.1 Å². The quantitative estimate of drug-likeness (QED) is 0.753. The molecule has 1 aromatic rings. The van der Waals surface area contributed by atoms with E-state index in [1.54, 1.807) is 0 Å². The number of benzene rings is 1. The van der Waals surface area contributed by atoms with Crippen LogP contribution in [0.25, 0.3) is 0 Å². The Morgan fingerprint density at radius 3 is 2.54 bits per heavy atom. The first-order valence-electron chi connectivity index (χ1n) is 9.40. The van der Waals surface area contributed by atoms with Gasteiger partial charge in [0.1, 0.15) is 0 Å². The lowest BCUT2D eigenvalue weighted by Gasteiger charge is -2.26. The molecule has 24 heavy (non-hydrogen) atoms. The molecular weight excluding hydrogens is 300 g/mol. The molecule has 0 radical (unpaired) electrons. The highest BCUT2D eigenvalue weighted by atomic mass is 16.5. The molecule has 1 fully saturated rings. The average molecular weight is 332 g/mol. The smallest absolute Gasteiger partial charge is 0.251 e. The second-order valence-electron chi connectivity index (χ2n) is 6.71. The Morgan fingerprint density at radius 2 is 1.92 bits per heavy atom. The lowest BCUT2D eigenvalue weighted by atomic mass is 9.99. The van der Waals surface area contributed by atoms with Crippen LogP contribution in [0.5, 0.6) is 0 Å². The van der Waals surface area contributed by atoms with Gasteiger partial charge in [-0.3, -0.25) is 9.69 Å². The number of ether oxygens (including phenoxy) is 1. The number of hydrogen-bond donors (Lipinski definition) is 1. The van der Waals surface area contributed by atoms with Gasteiger partial charge in [0, 0.05) is 31.7 Å². The minimum absolute atomic E-state index is 0.0443. The summed E-state index contributed by atoms with van der Waals surface area (Å²) < 4.78 is 5.37. The van der Waals surface area contributed by atoms with Crippen LogP contribution in [-0.4, -0.2) is 43.7 Å². The van der Waals surface area contributed by atoms with Gasteiger partial charge in [-0.1, -0.05) is 45.2 Å². The molecule has 4 heteroatoms. The maximum absolute atomic E-state index is 12.3. The summed E-state index contributed by atoms with van der Waals surface area (Å²) in [5.41, 5.74) is 2.01.